The molecule has 1 aromatic rings. The second-order valence-electron chi connectivity index (χ2n) is 3.46. The summed E-state index contributed by atoms with van der Waals surface area (Å²) < 4.78 is 55.0. The molecule has 0 heterocycles. The van der Waals surface area contributed by atoms with Gasteiger partial charge in [0.2, 0.25) is 0 Å². The van der Waals surface area contributed by atoms with Crippen molar-refractivity contribution in [2.45, 2.75) is 19.8 Å². The van der Waals surface area contributed by atoms with Crippen molar-refractivity contribution in [3.8, 4) is 5.75 Å². The number of benzene rings is 1. The van der Waals surface area contributed by atoms with Crippen LogP contribution in [0.3, 0.4) is 0 Å². The van der Waals surface area contributed by atoms with Gasteiger partial charge in [0.1, 0.15) is 5.75 Å². The Bertz CT molecular complexity index is 357. The van der Waals surface area contributed by atoms with E-state index in [1.54, 1.807) is 0 Å². The van der Waals surface area contributed by atoms with Crippen LogP contribution in [0, 0.1) is 5.82 Å². The van der Waals surface area contributed by atoms with Gasteiger partial charge >= 0.3 is 58.4 Å². The maximum atomic E-state index is 13.1. The zero-order valence-corrected chi connectivity index (χ0v) is 13.0. The molecular weight excluding hydrogens is 262 g/mol. The number of hydrogen-bond donors (Lipinski definition) is 0. The monoisotopic (exact) mass is 274 g/mol. The first-order valence-electron chi connectivity index (χ1n) is 5.07. The smallest absolute Gasteiger partial charge is 0.493 e. The summed E-state index contributed by atoms with van der Waals surface area (Å²) in [6.07, 6.45) is 1.69. The topological polar surface area (TPSA) is 9.23 Å². The number of hydrogen-bond acceptors (Lipinski definition) is 1. The molecule has 0 atom stereocenters. The van der Waals surface area contributed by atoms with Crippen LogP contribution in [0.4, 0.5) is 17.3 Å². The maximum absolute atomic E-state index is 13.1. The van der Waals surface area contributed by atoms with Crippen LogP contribution in [-0.2, 0) is 0 Å². The molecule has 0 N–H and O–H groups in total. The Morgan fingerprint density at radius 3 is 2.35 bits per heavy atom. The summed E-state index contributed by atoms with van der Waals surface area (Å²) in [7, 11) is 0. The Morgan fingerprint density at radius 2 is 1.88 bits per heavy atom. The third-order valence-electron chi connectivity index (χ3n) is 2.09. The van der Waals surface area contributed by atoms with E-state index in [1.807, 2.05) is 6.92 Å². The largest absolute Gasteiger partial charge is 1.00 e. The third-order valence-corrected chi connectivity index (χ3v) is 2.09. The van der Waals surface area contributed by atoms with E-state index in [-0.39, 0.29) is 57.1 Å². The van der Waals surface area contributed by atoms with E-state index in [0.717, 1.165) is 31.0 Å². The summed E-state index contributed by atoms with van der Waals surface area (Å²) in [5.74, 6) is -1.14. The SMILES string of the molecule is CCCCOc1ccc([B-](F)(F)F)c(F)c1.[K+]. The van der Waals surface area contributed by atoms with Gasteiger partial charge in [0.25, 0.3) is 0 Å². The van der Waals surface area contributed by atoms with Crippen molar-refractivity contribution in [1.29, 1.82) is 0 Å². The number of unbranched alkanes of at least 4 members (excludes halogenated alkanes) is 1. The quantitative estimate of drug-likeness (QED) is 0.419. The van der Waals surface area contributed by atoms with Crippen molar-refractivity contribution in [1.82, 2.24) is 0 Å². The van der Waals surface area contributed by atoms with E-state index < -0.39 is 18.3 Å². The van der Waals surface area contributed by atoms with Crippen LogP contribution in [0.2, 0.25) is 0 Å². The van der Waals surface area contributed by atoms with Crippen LogP contribution in [0.15, 0.2) is 18.2 Å². The summed E-state index contributed by atoms with van der Waals surface area (Å²) in [4.78, 5) is 0. The molecule has 0 aliphatic carbocycles. The van der Waals surface area contributed by atoms with Crippen LogP contribution < -0.4 is 61.6 Å². The minimum Gasteiger partial charge on any atom is -0.493 e. The van der Waals surface area contributed by atoms with Gasteiger partial charge < -0.3 is 17.7 Å². The molecule has 1 aromatic carbocycles. The van der Waals surface area contributed by atoms with Crippen LogP contribution >= 0.6 is 0 Å². The first-order chi connectivity index (χ1) is 7.45. The van der Waals surface area contributed by atoms with Crippen molar-refractivity contribution < 1.29 is 73.5 Å². The number of ether oxygens (including phenoxy) is 1. The van der Waals surface area contributed by atoms with E-state index in [4.69, 9.17) is 4.74 Å². The molecule has 17 heavy (non-hydrogen) atoms. The van der Waals surface area contributed by atoms with Gasteiger partial charge in [-0.3, -0.25) is 0 Å². The van der Waals surface area contributed by atoms with Gasteiger partial charge in [0.05, 0.1) is 12.4 Å². The van der Waals surface area contributed by atoms with Crippen LogP contribution in [0.1, 0.15) is 19.8 Å². The Kier molecular flexibility index (Phi) is 7.99. The third kappa shape index (κ3) is 5.74. The molecule has 1 nitrogen and oxygen atoms in total. The molecule has 0 amide bonds. The molecule has 0 saturated heterocycles. The molecule has 0 fully saturated rings. The molecular formula is C10H12BF4KO. The molecule has 90 valence electrons. The van der Waals surface area contributed by atoms with E-state index in [0.29, 0.717) is 6.61 Å². The molecule has 0 radical (unpaired) electrons. The predicted molar refractivity (Wildman–Crippen MR) is 55.5 cm³/mol. The minimum atomic E-state index is -5.29. The summed E-state index contributed by atoms with van der Waals surface area (Å²) >= 11 is 0. The zero-order valence-electron chi connectivity index (χ0n) is 9.85. The van der Waals surface area contributed by atoms with Crippen molar-refractivity contribution in [3.05, 3.63) is 24.0 Å². The van der Waals surface area contributed by atoms with E-state index in [1.165, 1.54) is 0 Å². The Labute approximate surface area is 140 Å². The van der Waals surface area contributed by atoms with E-state index in [2.05, 4.69) is 0 Å². The summed E-state index contributed by atoms with van der Waals surface area (Å²) in [5, 5.41) is 0. The Morgan fingerprint density at radius 1 is 1.24 bits per heavy atom. The van der Waals surface area contributed by atoms with Crippen molar-refractivity contribution in [2.24, 2.45) is 0 Å². The minimum absolute atomic E-state index is 0. The van der Waals surface area contributed by atoms with Gasteiger partial charge in [-0.15, -0.1) is 0 Å². The van der Waals surface area contributed by atoms with Gasteiger partial charge in [0, 0.05) is 6.07 Å². The second-order valence-corrected chi connectivity index (χ2v) is 3.46. The Balaban J connectivity index is 0.00000256. The molecule has 0 unspecified atom stereocenters. The molecule has 0 aliphatic heterocycles. The average molecular weight is 274 g/mol. The van der Waals surface area contributed by atoms with Crippen molar-refractivity contribution in [2.75, 3.05) is 6.61 Å². The molecule has 0 aromatic heterocycles. The standard InChI is InChI=1S/C10H12BF4O.K/c1-2-3-6-16-8-4-5-9(10(12)7-8)11(13,14)15;/h4-5,7H,2-3,6H2,1H3;/q-1;+1. The molecule has 7 heteroatoms. The van der Waals surface area contributed by atoms with Crippen molar-refractivity contribution in [3.63, 3.8) is 0 Å². The van der Waals surface area contributed by atoms with Gasteiger partial charge in [-0.05, 0) is 12.5 Å². The normalized spacial score (nSPS) is 10.9. The molecule has 1 rings (SSSR count). The zero-order chi connectivity index (χ0) is 12.2. The maximum Gasteiger partial charge on any atom is 1.00 e. The molecule has 0 bridgehead atoms. The molecule has 0 spiro atoms. The van der Waals surface area contributed by atoms with Gasteiger partial charge in [0.15, 0.2) is 0 Å². The predicted octanol–water partition coefficient (Wildman–Crippen LogP) is 0.0630. The average Bonchev–Trinajstić information content (AvgIpc) is 2.16. The van der Waals surface area contributed by atoms with E-state index in [9.17, 15) is 17.3 Å². The van der Waals surface area contributed by atoms with Gasteiger partial charge in [-0.25, -0.2) is 4.39 Å². The van der Waals surface area contributed by atoms with Gasteiger partial charge in [-0.2, -0.15) is 0 Å². The summed E-state index contributed by atoms with van der Waals surface area (Å²) in [5.41, 5.74) is -1.21. The summed E-state index contributed by atoms with van der Waals surface area (Å²) in [6, 6.07) is 2.64. The fraction of sp³-hybridized carbons (Fsp3) is 0.400. The van der Waals surface area contributed by atoms with Crippen LogP contribution in [-0.4, -0.2) is 13.6 Å². The van der Waals surface area contributed by atoms with Crippen LogP contribution in [0.5, 0.6) is 5.75 Å². The number of halogens is 4. The van der Waals surface area contributed by atoms with E-state index >= 15 is 0 Å². The summed E-state index contributed by atoms with van der Waals surface area (Å²) in [6.45, 7) is -2.96. The first-order valence-corrected chi connectivity index (χ1v) is 5.07. The fourth-order valence-electron chi connectivity index (χ4n) is 1.20. The molecule has 0 saturated carbocycles. The molecule has 0 aliphatic rings. The first kappa shape index (κ1) is 17.4. The van der Waals surface area contributed by atoms with Crippen LogP contribution in [0.25, 0.3) is 0 Å². The Hall–Kier alpha value is 0.441. The number of rotatable bonds is 5. The fourth-order valence-corrected chi connectivity index (χ4v) is 1.20. The second kappa shape index (κ2) is 7.78. The van der Waals surface area contributed by atoms with Gasteiger partial charge in [-0.1, -0.05) is 24.9 Å². The van der Waals surface area contributed by atoms with Crippen molar-refractivity contribution >= 4 is 12.4 Å².